The first-order valence-corrected chi connectivity index (χ1v) is 18.1. The third-order valence-electron chi connectivity index (χ3n) is 12.0. The van der Waals surface area contributed by atoms with Gasteiger partial charge in [0.25, 0.3) is 0 Å². The molecule has 0 bridgehead atoms. The zero-order chi connectivity index (χ0) is 37.7. The van der Waals surface area contributed by atoms with Gasteiger partial charge in [0.15, 0.2) is 0 Å². The van der Waals surface area contributed by atoms with Crippen LogP contribution in [0, 0.1) is 5.92 Å². The summed E-state index contributed by atoms with van der Waals surface area (Å²) < 4.78 is 91.7. The fraction of sp³-hybridized carbons (Fsp3) is 0.256. The molecule has 1 saturated carbocycles. The summed E-state index contributed by atoms with van der Waals surface area (Å²) in [6, 6.07) is 28.0. The summed E-state index contributed by atoms with van der Waals surface area (Å²) in [6.07, 6.45) is -2.70. The predicted molar refractivity (Wildman–Crippen MR) is 190 cm³/mol. The number of benzene rings is 4. The molecule has 1 fully saturated rings. The maximum Gasteiger partial charge on any atom is 0.416 e. The first kappa shape index (κ1) is 33.8. The molecule has 4 aromatic carbocycles. The van der Waals surface area contributed by atoms with E-state index in [2.05, 4.69) is 75.0 Å². The van der Waals surface area contributed by atoms with Gasteiger partial charge >= 0.3 is 12.4 Å². The van der Waals surface area contributed by atoms with Crippen LogP contribution < -0.4 is 0 Å². The highest BCUT2D eigenvalue weighted by Crippen LogP contribution is 2.68. The molecule has 4 aliphatic carbocycles. The van der Waals surface area contributed by atoms with E-state index in [1.54, 1.807) is 0 Å². The maximum absolute atomic E-state index is 13.2. The normalized spacial score (nSPS) is 24.0. The number of hydrogen-bond acceptors (Lipinski definition) is 6. The summed E-state index contributed by atoms with van der Waals surface area (Å²) in [5, 5.41) is 17.3. The third-order valence-corrected chi connectivity index (χ3v) is 12.0. The molecule has 12 heteroatoms. The number of halogens is 6. The van der Waals surface area contributed by atoms with Crippen LogP contribution in [0.4, 0.5) is 26.3 Å². The molecule has 4 unspecified atom stereocenters. The largest absolute Gasteiger partial charge is 0.420 e. The van der Waals surface area contributed by atoms with Crippen LogP contribution in [-0.4, -0.2) is 26.6 Å². The molecule has 6 aromatic rings. The van der Waals surface area contributed by atoms with Gasteiger partial charge < -0.3 is 8.83 Å². The predicted octanol–water partition coefficient (Wildman–Crippen LogP) is 11.3. The number of allylic oxidation sites excluding steroid dienone is 4. The lowest BCUT2D eigenvalue weighted by atomic mass is 9.61. The Morgan fingerprint density at radius 2 is 1.31 bits per heavy atom. The highest BCUT2D eigenvalue weighted by atomic mass is 19.4. The van der Waals surface area contributed by atoms with Crippen LogP contribution in [0.15, 0.2) is 124 Å². The van der Waals surface area contributed by atoms with Crippen molar-refractivity contribution in [2.75, 3.05) is 0 Å². The fourth-order valence-electron chi connectivity index (χ4n) is 9.59. The van der Waals surface area contributed by atoms with E-state index in [1.807, 2.05) is 12.1 Å². The van der Waals surface area contributed by atoms with Crippen LogP contribution in [-0.2, 0) is 11.6 Å². The fourth-order valence-corrected chi connectivity index (χ4v) is 9.59. The maximum atomic E-state index is 13.2. The minimum absolute atomic E-state index is 0.0861. The van der Waals surface area contributed by atoms with Crippen molar-refractivity contribution < 1.29 is 35.2 Å². The van der Waals surface area contributed by atoms with Gasteiger partial charge in [-0.15, -0.1) is 20.4 Å². The average molecular weight is 749 g/mol. The minimum atomic E-state index is -4.45. The molecule has 0 N–H and O–H groups in total. The van der Waals surface area contributed by atoms with Gasteiger partial charge in [0.05, 0.1) is 22.5 Å². The lowest BCUT2D eigenvalue weighted by Gasteiger charge is -2.41. The molecule has 55 heavy (non-hydrogen) atoms. The lowest BCUT2D eigenvalue weighted by Crippen LogP contribution is -2.36. The van der Waals surface area contributed by atoms with Gasteiger partial charge in [-0.3, -0.25) is 0 Å². The number of nitrogens with zero attached hydrogens (tertiary/aromatic N) is 4. The van der Waals surface area contributed by atoms with Gasteiger partial charge in [0.1, 0.15) is 0 Å². The summed E-state index contributed by atoms with van der Waals surface area (Å²) in [5.74, 6) is 0.939. The van der Waals surface area contributed by atoms with E-state index in [1.165, 1.54) is 34.9 Å². The highest BCUT2D eigenvalue weighted by molar-refractivity contribution is 5.87. The zero-order valence-electron chi connectivity index (χ0n) is 28.9. The minimum Gasteiger partial charge on any atom is -0.420 e. The second-order valence-corrected chi connectivity index (χ2v) is 14.7. The van der Waals surface area contributed by atoms with Crippen molar-refractivity contribution in [1.82, 2.24) is 20.4 Å². The molecule has 4 aliphatic rings. The Balaban J connectivity index is 1.03. The van der Waals surface area contributed by atoms with E-state index >= 15 is 0 Å². The number of fused-ring (bicyclic) bond motifs is 10. The van der Waals surface area contributed by atoms with Crippen LogP contribution in [0.3, 0.4) is 0 Å². The number of aromatic nitrogens is 4. The summed E-state index contributed by atoms with van der Waals surface area (Å²) in [5.41, 5.74) is 6.21. The molecular weight excluding hydrogens is 718 g/mol. The monoisotopic (exact) mass is 748 g/mol. The van der Waals surface area contributed by atoms with Crippen molar-refractivity contribution >= 4 is 0 Å². The van der Waals surface area contributed by atoms with Crippen LogP contribution in [0.1, 0.15) is 83.0 Å². The van der Waals surface area contributed by atoms with Gasteiger partial charge in [-0.05, 0) is 107 Å². The summed E-state index contributed by atoms with van der Waals surface area (Å²) in [4.78, 5) is 0. The van der Waals surface area contributed by atoms with Crippen LogP contribution >= 0.6 is 0 Å². The Hall–Kier alpha value is -5.78. The Morgan fingerprint density at radius 3 is 2.05 bits per heavy atom. The molecule has 2 heterocycles. The molecule has 276 valence electrons. The SMILES string of the molecule is FC(F)(F)C1=CCC(c2nnc(-c3ccc4c(c3)C3(c5ccccc5-4)c4ccccc4C4CC[C@@H](c5nnc(-c6ccc(C(F)(F)F)cc6)o5)CC43)o2)C=C1. The van der Waals surface area contributed by atoms with Crippen molar-refractivity contribution in [1.29, 1.82) is 0 Å². The van der Waals surface area contributed by atoms with Crippen molar-refractivity contribution in [2.24, 2.45) is 5.92 Å². The highest BCUT2D eigenvalue weighted by Gasteiger charge is 2.59. The van der Waals surface area contributed by atoms with Crippen LogP contribution in [0.2, 0.25) is 0 Å². The van der Waals surface area contributed by atoms with E-state index < -0.39 is 34.8 Å². The molecule has 10 rings (SSSR count). The van der Waals surface area contributed by atoms with E-state index in [9.17, 15) is 26.3 Å². The Labute approximate surface area is 310 Å². The van der Waals surface area contributed by atoms with E-state index in [0.717, 1.165) is 60.2 Å². The third kappa shape index (κ3) is 5.24. The van der Waals surface area contributed by atoms with E-state index in [0.29, 0.717) is 17.0 Å². The summed E-state index contributed by atoms with van der Waals surface area (Å²) >= 11 is 0. The molecule has 0 amide bonds. The molecule has 2 aromatic heterocycles. The zero-order valence-corrected chi connectivity index (χ0v) is 28.9. The van der Waals surface area contributed by atoms with Crippen molar-refractivity contribution in [3.8, 4) is 34.0 Å². The van der Waals surface area contributed by atoms with E-state index in [4.69, 9.17) is 8.83 Å². The van der Waals surface area contributed by atoms with Gasteiger partial charge in [-0.25, -0.2) is 0 Å². The smallest absolute Gasteiger partial charge is 0.416 e. The second-order valence-electron chi connectivity index (χ2n) is 14.7. The molecule has 0 saturated heterocycles. The van der Waals surface area contributed by atoms with Crippen LogP contribution in [0.5, 0.6) is 0 Å². The number of rotatable bonds is 4. The average Bonchev–Trinajstić information content (AvgIpc) is 3.99. The van der Waals surface area contributed by atoms with Crippen LogP contribution in [0.25, 0.3) is 34.0 Å². The molecule has 0 aliphatic heterocycles. The van der Waals surface area contributed by atoms with Crippen molar-refractivity contribution in [2.45, 2.75) is 61.2 Å². The number of alkyl halides is 6. The first-order chi connectivity index (χ1) is 26.5. The van der Waals surface area contributed by atoms with Gasteiger partial charge in [0.2, 0.25) is 23.6 Å². The summed E-state index contributed by atoms with van der Waals surface area (Å²) in [7, 11) is 0. The van der Waals surface area contributed by atoms with E-state index in [-0.39, 0.29) is 41.8 Å². The van der Waals surface area contributed by atoms with Gasteiger partial charge in [-0.1, -0.05) is 72.8 Å². The Bertz CT molecular complexity index is 2530. The lowest BCUT2D eigenvalue weighted by molar-refractivity contribution is -0.137. The first-order valence-electron chi connectivity index (χ1n) is 18.1. The Morgan fingerprint density at radius 1 is 0.636 bits per heavy atom. The van der Waals surface area contributed by atoms with Gasteiger partial charge in [-0.2, -0.15) is 26.3 Å². The summed E-state index contributed by atoms with van der Waals surface area (Å²) in [6.45, 7) is 0. The molecule has 6 nitrogen and oxygen atoms in total. The molecular formula is C43H30F6N4O2. The Kier molecular flexibility index (Phi) is 7.44. The molecule has 0 radical (unpaired) electrons. The molecule has 5 atom stereocenters. The standard InChI is InChI=1S/C43H30F6N4O2/c44-42(45,46)27-15-9-23(10-16-27)37-50-52-39(54-37)25-13-19-31-29-5-1-3-7-33(29)41(35(31)21-25)34-8-4-2-6-30(34)32-20-14-26(22-36(32)41)40-53-51-38(55-40)24-11-17-28(18-12-24)43(47,48)49/h1-11,14-18,20,22,24-25,31,35H,12-13,19,21H2/t24?,25-,31?,35?,41?/m1/s1. The van der Waals surface area contributed by atoms with Crippen molar-refractivity contribution in [3.05, 3.63) is 154 Å². The topological polar surface area (TPSA) is 77.8 Å². The molecule has 1 spiro atoms. The van der Waals surface area contributed by atoms with Gasteiger partial charge in [0, 0.05) is 17.0 Å². The van der Waals surface area contributed by atoms with Crippen molar-refractivity contribution in [3.63, 3.8) is 0 Å². The second kappa shape index (κ2) is 12.1. The quantitative estimate of drug-likeness (QED) is 0.167. The number of hydrogen-bond donors (Lipinski definition) is 0.